The largest absolute Gasteiger partial charge is 0.484 e. The summed E-state index contributed by atoms with van der Waals surface area (Å²) in [6.07, 6.45) is 0.195. The van der Waals surface area contributed by atoms with Gasteiger partial charge in [0.05, 0.1) is 0 Å². The standard InChI is InChI=1S/C21H25BrN2O3/c1-14(2)16-5-8-18(9-6-16)27-13-21(26)23-11-10-20(25)24-19-12-17(22)7-4-15(19)3/h4-9,12,14H,10-11,13H2,1-3H3,(H,23,26)(H,24,25). The minimum atomic E-state index is -0.255. The van der Waals surface area contributed by atoms with Crippen LogP contribution in [0.15, 0.2) is 46.9 Å². The molecule has 0 unspecified atom stereocenters. The molecule has 2 amide bonds. The maximum atomic E-state index is 12.0. The highest BCUT2D eigenvalue weighted by Crippen LogP contribution is 2.21. The third-order valence-corrected chi connectivity index (χ3v) is 4.56. The Kier molecular flexibility index (Phi) is 7.85. The van der Waals surface area contributed by atoms with Crippen LogP contribution in [-0.4, -0.2) is 25.0 Å². The number of hydrogen-bond acceptors (Lipinski definition) is 3. The third-order valence-electron chi connectivity index (χ3n) is 4.06. The molecule has 144 valence electrons. The summed E-state index contributed by atoms with van der Waals surface area (Å²) in [4.78, 5) is 23.9. The highest BCUT2D eigenvalue weighted by atomic mass is 79.9. The molecule has 0 bridgehead atoms. The van der Waals surface area contributed by atoms with E-state index in [0.29, 0.717) is 11.7 Å². The molecular formula is C21H25BrN2O3. The van der Waals surface area contributed by atoms with Crippen LogP contribution in [-0.2, 0) is 9.59 Å². The predicted octanol–water partition coefficient (Wildman–Crippen LogP) is 4.40. The van der Waals surface area contributed by atoms with Gasteiger partial charge in [0.25, 0.3) is 5.91 Å². The number of nitrogens with one attached hydrogen (secondary N) is 2. The van der Waals surface area contributed by atoms with E-state index in [2.05, 4.69) is 40.4 Å². The molecule has 2 rings (SSSR count). The van der Waals surface area contributed by atoms with Crippen molar-refractivity contribution in [2.75, 3.05) is 18.5 Å². The molecule has 0 aromatic heterocycles. The summed E-state index contributed by atoms with van der Waals surface area (Å²) in [6, 6.07) is 13.4. The van der Waals surface area contributed by atoms with Gasteiger partial charge in [-0.1, -0.05) is 48.0 Å². The Morgan fingerprint density at radius 1 is 1.07 bits per heavy atom. The lowest BCUT2D eigenvalue weighted by atomic mass is 10.0. The van der Waals surface area contributed by atoms with Gasteiger partial charge in [-0.2, -0.15) is 0 Å². The zero-order valence-electron chi connectivity index (χ0n) is 15.8. The first-order valence-electron chi connectivity index (χ1n) is 8.90. The fourth-order valence-corrected chi connectivity index (χ4v) is 2.77. The molecule has 0 aliphatic rings. The lowest BCUT2D eigenvalue weighted by Crippen LogP contribution is -2.31. The number of hydrogen-bond donors (Lipinski definition) is 2. The van der Waals surface area contributed by atoms with E-state index in [-0.39, 0.29) is 31.4 Å². The maximum Gasteiger partial charge on any atom is 0.257 e. The molecule has 5 nitrogen and oxygen atoms in total. The molecule has 27 heavy (non-hydrogen) atoms. The van der Waals surface area contributed by atoms with Gasteiger partial charge in [-0.3, -0.25) is 9.59 Å². The molecule has 0 heterocycles. The number of rotatable bonds is 8. The fraction of sp³-hybridized carbons (Fsp3) is 0.333. The fourth-order valence-electron chi connectivity index (χ4n) is 2.41. The SMILES string of the molecule is Cc1ccc(Br)cc1NC(=O)CCNC(=O)COc1ccc(C(C)C)cc1. The Morgan fingerprint density at radius 2 is 1.78 bits per heavy atom. The van der Waals surface area contributed by atoms with Gasteiger partial charge in [0, 0.05) is 23.1 Å². The first-order chi connectivity index (χ1) is 12.8. The zero-order valence-corrected chi connectivity index (χ0v) is 17.4. The molecule has 2 aromatic rings. The summed E-state index contributed by atoms with van der Waals surface area (Å²) in [7, 11) is 0. The van der Waals surface area contributed by atoms with Crippen molar-refractivity contribution in [1.82, 2.24) is 5.32 Å². The number of benzene rings is 2. The van der Waals surface area contributed by atoms with Gasteiger partial charge in [-0.25, -0.2) is 0 Å². The highest BCUT2D eigenvalue weighted by Gasteiger charge is 2.08. The lowest BCUT2D eigenvalue weighted by molar-refractivity contribution is -0.123. The van der Waals surface area contributed by atoms with Gasteiger partial charge in [0.2, 0.25) is 5.91 Å². The number of carbonyl (C=O) groups excluding carboxylic acids is 2. The Morgan fingerprint density at radius 3 is 2.44 bits per heavy atom. The van der Waals surface area contributed by atoms with E-state index in [1.165, 1.54) is 5.56 Å². The molecule has 6 heteroatoms. The Balaban J connectivity index is 1.69. The van der Waals surface area contributed by atoms with Gasteiger partial charge in [0.1, 0.15) is 5.75 Å². The normalized spacial score (nSPS) is 10.6. The number of ether oxygens (including phenoxy) is 1. The molecule has 0 atom stereocenters. The van der Waals surface area contributed by atoms with Gasteiger partial charge in [-0.15, -0.1) is 0 Å². The molecule has 0 fully saturated rings. The molecule has 0 spiro atoms. The van der Waals surface area contributed by atoms with Crippen LogP contribution in [0.25, 0.3) is 0 Å². The minimum absolute atomic E-state index is 0.0760. The van der Waals surface area contributed by atoms with Gasteiger partial charge < -0.3 is 15.4 Å². The van der Waals surface area contributed by atoms with Gasteiger partial charge in [0.15, 0.2) is 6.61 Å². The summed E-state index contributed by atoms with van der Waals surface area (Å²) in [6.45, 7) is 6.35. The van der Waals surface area contributed by atoms with Gasteiger partial charge >= 0.3 is 0 Å². The predicted molar refractivity (Wildman–Crippen MR) is 111 cm³/mol. The minimum Gasteiger partial charge on any atom is -0.484 e. The van der Waals surface area contributed by atoms with E-state index in [0.717, 1.165) is 15.7 Å². The summed E-state index contributed by atoms with van der Waals surface area (Å²) in [5.41, 5.74) is 2.96. The summed E-state index contributed by atoms with van der Waals surface area (Å²) in [5.74, 6) is 0.697. The molecule has 0 radical (unpaired) electrons. The number of anilines is 1. The third kappa shape index (κ3) is 7.06. The number of carbonyl (C=O) groups is 2. The first kappa shape index (κ1) is 21.0. The van der Waals surface area contributed by atoms with Crippen LogP contribution < -0.4 is 15.4 Å². The number of amides is 2. The molecule has 0 saturated heterocycles. The van der Waals surface area contributed by atoms with Crippen molar-refractivity contribution in [2.45, 2.75) is 33.1 Å². The average molecular weight is 433 g/mol. The van der Waals surface area contributed by atoms with E-state index in [4.69, 9.17) is 4.74 Å². The first-order valence-corrected chi connectivity index (χ1v) is 9.70. The lowest BCUT2D eigenvalue weighted by Gasteiger charge is -2.10. The molecular weight excluding hydrogens is 408 g/mol. The average Bonchev–Trinajstić information content (AvgIpc) is 2.63. The van der Waals surface area contributed by atoms with Crippen molar-refractivity contribution in [1.29, 1.82) is 0 Å². The van der Waals surface area contributed by atoms with Crippen molar-refractivity contribution < 1.29 is 14.3 Å². The second-order valence-electron chi connectivity index (χ2n) is 6.62. The maximum absolute atomic E-state index is 12.0. The second-order valence-corrected chi connectivity index (χ2v) is 7.54. The summed E-state index contributed by atoms with van der Waals surface area (Å²) in [5, 5.41) is 5.54. The Labute approximate surface area is 168 Å². The summed E-state index contributed by atoms with van der Waals surface area (Å²) < 4.78 is 6.37. The van der Waals surface area contributed by atoms with E-state index in [9.17, 15) is 9.59 Å². The smallest absolute Gasteiger partial charge is 0.257 e. The van der Waals surface area contributed by atoms with E-state index >= 15 is 0 Å². The quantitative estimate of drug-likeness (QED) is 0.649. The monoisotopic (exact) mass is 432 g/mol. The van der Waals surface area contributed by atoms with Crippen LogP contribution in [0.1, 0.15) is 37.3 Å². The van der Waals surface area contributed by atoms with Crippen molar-refractivity contribution in [3.05, 3.63) is 58.1 Å². The van der Waals surface area contributed by atoms with Crippen LogP contribution in [0.2, 0.25) is 0 Å². The molecule has 0 aliphatic heterocycles. The summed E-state index contributed by atoms with van der Waals surface area (Å²) >= 11 is 3.38. The second kappa shape index (κ2) is 10.1. The zero-order chi connectivity index (χ0) is 19.8. The van der Waals surface area contributed by atoms with Crippen molar-refractivity contribution in [3.63, 3.8) is 0 Å². The van der Waals surface area contributed by atoms with Crippen molar-refractivity contribution in [3.8, 4) is 5.75 Å². The van der Waals surface area contributed by atoms with Crippen molar-refractivity contribution >= 4 is 33.4 Å². The van der Waals surface area contributed by atoms with Crippen LogP contribution in [0, 0.1) is 6.92 Å². The Hall–Kier alpha value is -2.34. The van der Waals surface area contributed by atoms with E-state index in [1.807, 2.05) is 49.4 Å². The van der Waals surface area contributed by atoms with E-state index in [1.54, 1.807) is 0 Å². The van der Waals surface area contributed by atoms with Crippen LogP contribution in [0.5, 0.6) is 5.75 Å². The highest BCUT2D eigenvalue weighted by molar-refractivity contribution is 9.10. The topological polar surface area (TPSA) is 67.4 Å². The van der Waals surface area contributed by atoms with Crippen LogP contribution in [0.3, 0.4) is 0 Å². The Bertz CT molecular complexity index is 789. The number of aryl methyl sites for hydroxylation is 1. The molecule has 2 aromatic carbocycles. The van der Waals surface area contributed by atoms with E-state index < -0.39 is 0 Å². The molecule has 0 aliphatic carbocycles. The van der Waals surface area contributed by atoms with Crippen molar-refractivity contribution in [2.24, 2.45) is 0 Å². The van der Waals surface area contributed by atoms with Crippen LogP contribution in [0.4, 0.5) is 5.69 Å². The molecule has 2 N–H and O–H groups in total. The molecule has 0 saturated carbocycles. The van der Waals surface area contributed by atoms with Gasteiger partial charge in [-0.05, 0) is 48.2 Å². The number of halogens is 1. The van der Waals surface area contributed by atoms with Crippen LogP contribution >= 0.6 is 15.9 Å².